The van der Waals surface area contributed by atoms with Gasteiger partial charge in [-0.25, -0.2) is 0 Å². The van der Waals surface area contributed by atoms with Gasteiger partial charge in [0.15, 0.2) is 0 Å². The Morgan fingerprint density at radius 1 is 1.50 bits per heavy atom. The van der Waals surface area contributed by atoms with Crippen LogP contribution in [0.5, 0.6) is 0 Å². The van der Waals surface area contributed by atoms with Gasteiger partial charge in [0, 0.05) is 41.8 Å². The quantitative estimate of drug-likeness (QED) is 0.686. The zero-order chi connectivity index (χ0) is 10.9. The molecular formula is C7H10F3NO2S. The first-order valence-corrected chi connectivity index (χ1v) is 5.69. The number of hydrogen-bond acceptors (Lipinski definition) is 2. The van der Waals surface area contributed by atoms with E-state index in [1.54, 1.807) is 0 Å². The van der Waals surface area contributed by atoms with Crippen molar-refractivity contribution in [2.24, 2.45) is 5.92 Å². The van der Waals surface area contributed by atoms with Crippen LogP contribution in [-0.4, -0.2) is 46.3 Å². The number of hydrogen-bond donors (Lipinski definition) is 0. The van der Waals surface area contributed by atoms with Crippen LogP contribution in [0.1, 0.15) is 0 Å². The van der Waals surface area contributed by atoms with Crippen molar-refractivity contribution in [2.75, 3.05) is 25.1 Å². The van der Waals surface area contributed by atoms with Gasteiger partial charge >= 0.3 is 12.1 Å². The molecule has 7 heteroatoms. The molecule has 1 atom stereocenters. The molecule has 3 nitrogen and oxygen atoms in total. The third kappa shape index (κ3) is 2.70. The summed E-state index contributed by atoms with van der Waals surface area (Å²) in [6, 6.07) is 0. The second-order valence-electron chi connectivity index (χ2n) is 3.31. The minimum absolute atomic E-state index is 0.0490. The van der Waals surface area contributed by atoms with Crippen molar-refractivity contribution in [3.8, 4) is 0 Å². The van der Waals surface area contributed by atoms with Gasteiger partial charge in [-0.2, -0.15) is 13.2 Å². The Morgan fingerprint density at radius 3 is 2.36 bits per heavy atom. The molecule has 1 unspecified atom stereocenters. The predicted molar refractivity (Wildman–Crippen MR) is 45.1 cm³/mol. The van der Waals surface area contributed by atoms with E-state index in [1.807, 2.05) is 0 Å². The van der Waals surface area contributed by atoms with Gasteiger partial charge in [0.2, 0.25) is 0 Å². The van der Waals surface area contributed by atoms with E-state index in [9.17, 15) is 22.2 Å². The topological polar surface area (TPSA) is 37.4 Å². The van der Waals surface area contributed by atoms with E-state index in [4.69, 9.17) is 0 Å². The summed E-state index contributed by atoms with van der Waals surface area (Å²) in [5, 5.41) is 0. The van der Waals surface area contributed by atoms with Crippen LogP contribution in [0.2, 0.25) is 0 Å². The molecule has 0 saturated carbocycles. The number of likely N-dealkylation sites (tertiary alicyclic amines) is 1. The molecule has 0 N–H and O–H groups in total. The zero-order valence-electron chi connectivity index (χ0n) is 7.50. The number of amides is 1. The van der Waals surface area contributed by atoms with Crippen LogP contribution < -0.4 is 0 Å². The van der Waals surface area contributed by atoms with Gasteiger partial charge in [-0.1, -0.05) is 0 Å². The second-order valence-corrected chi connectivity index (χ2v) is 4.79. The highest BCUT2D eigenvalue weighted by Gasteiger charge is 2.46. The summed E-state index contributed by atoms with van der Waals surface area (Å²) in [6.45, 7) is 0.135. The van der Waals surface area contributed by atoms with Gasteiger partial charge in [-0.15, -0.1) is 0 Å². The van der Waals surface area contributed by atoms with E-state index >= 15 is 0 Å². The Morgan fingerprint density at radius 2 is 2.00 bits per heavy atom. The predicted octanol–water partition coefficient (Wildman–Crippen LogP) is 0.386. The van der Waals surface area contributed by atoms with Gasteiger partial charge in [0.25, 0.3) is 0 Å². The van der Waals surface area contributed by atoms with E-state index < -0.39 is 22.9 Å². The number of nitrogens with zero attached hydrogens (tertiary/aromatic N) is 1. The van der Waals surface area contributed by atoms with Crippen LogP contribution in [0, 0.1) is 5.92 Å². The highest BCUT2D eigenvalue weighted by Crippen LogP contribution is 2.24. The molecule has 0 bridgehead atoms. The van der Waals surface area contributed by atoms with Crippen LogP contribution >= 0.6 is 0 Å². The van der Waals surface area contributed by atoms with Crippen LogP contribution in [0.15, 0.2) is 0 Å². The normalized spacial score (nSPS) is 20.4. The number of carbonyl (C=O) groups excluding carboxylic acids is 1. The third-order valence-electron chi connectivity index (χ3n) is 1.96. The molecular weight excluding hydrogens is 219 g/mol. The molecule has 1 heterocycles. The summed E-state index contributed by atoms with van der Waals surface area (Å²) in [5.41, 5.74) is 0. The van der Waals surface area contributed by atoms with E-state index in [0.29, 0.717) is 5.75 Å². The lowest BCUT2D eigenvalue weighted by Crippen LogP contribution is -2.55. The van der Waals surface area contributed by atoms with Crippen molar-refractivity contribution >= 4 is 16.7 Å². The first-order chi connectivity index (χ1) is 6.30. The lowest BCUT2D eigenvalue weighted by atomic mass is 10.0. The molecule has 0 aromatic heterocycles. The highest BCUT2D eigenvalue weighted by molar-refractivity contribution is 7.84. The maximum Gasteiger partial charge on any atom is 0.471 e. The minimum atomic E-state index is -4.78. The Balaban J connectivity index is 2.35. The molecule has 1 aliphatic rings. The monoisotopic (exact) mass is 229 g/mol. The van der Waals surface area contributed by atoms with E-state index in [0.717, 1.165) is 4.90 Å². The van der Waals surface area contributed by atoms with Crippen LogP contribution in [0.25, 0.3) is 0 Å². The standard InChI is InChI=1S/C7H10F3NO2S/c1-14(13)4-5-2-11(3-5)6(12)7(8,9)10/h5H,2-4H2,1H3. The third-order valence-corrected chi connectivity index (χ3v) is 2.90. The number of rotatable bonds is 2. The van der Waals surface area contributed by atoms with Crippen molar-refractivity contribution in [1.29, 1.82) is 0 Å². The summed E-state index contributed by atoms with van der Waals surface area (Å²) in [5.74, 6) is -1.48. The first-order valence-electron chi connectivity index (χ1n) is 3.97. The SMILES string of the molecule is CS(=O)CC1CN(C(=O)C(F)(F)F)C1. The number of carbonyl (C=O) groups is 1. The molecule has 0 aromatic rings. The second kappa shape index (κ2) is 3.88. The molecule has 82 valence electrons. The Labute approximate surface area is 81.7 Å². The maximum atomic E-state index is 11.9. The van der Waals surface area contributed by atoms with Gasteiger partial charge in [-0.05, 0) is 0 Å². The lowest BCUT2D eigenvalue weighted by Gasteiger charge is -2.39. The average Bonchev–Trinajstić information content (AvgIpc) is 1.92. The fourth-order valence-electron chi connectivity index (χ4n) is 1.35. The van der Waals surface area contributed by atoms with Crippen molar-refractivity contribution in [1.82, 2.24) is 4.90 Å². The van der Waals surface area contributed by atoms with Crippen LogP contribution in [0.4, 0.5) is 13.2 Å². The van der Waals surface area contributed by atoms with Gasteiger partial charge in [0.05, 0.1) is 0 Å². The Bertz CT molecular complexity index is 260. The maximum absolute atomic E-state index is 11.9. The fourth-order valence-corrected chi connectivity index (χ4v) is 2.23. The van der Waals surface area contributed by atoms with Gasteiger partial charge in [0.1, 0.15) is 0 Å². The minimum Gasteiger partial charge on any atom is -0.334 e. The summed E-state index contributed by atoms with van der Waals surface area (Å²) in [4.78, 5) is 11.3. The molecule has 0 aliphatic carbocycles. The van der Waals surface area contributed by atoms with E-state index in [-0.39, 0.29) is 19.0 Å². The molecule has 0 radical (unpaired) electrons. The summed E-state index contributed by atoms with van der Waals surface area (Å²) >= 11 is 0. The van der Waals surface area contributed by atoms with Gasteiger partial charge in [-0.3, -0.25) is 9.00 Å². The fraction of sp³-hybridized carbons (Fsp3) is 0.857. The van der Waals surface area contributed by atoms with Crippen molar-refractivity contribution in [3.05, 3.63) is 0 Å². The summed E-state index contributed by atoms with van der Waals surface area (Å²) < 4.78 is 46.3. The lowest BCUT2D eigenvalue weighted by molar-refractivity contribution is -0.191. The molecule has 1 amide bonds. The highest BCUT2D eigenvalue weighted by atomic mass is 32.2. The number of alkyl halides is 3. The molecule has 0 aromatic carbocycles. The van der Waals surface area contributed by atoms with Crippen molar-refractivity contribution < 1.29 is 22.2 Å². The zero-order valence-corrected chi connectivity index (χ0v) is 8.32. The van der Waals surface area contributed by atoms with E-state index in [2.05, 4.69) is 0 Å². The first kappa shape index (κ1) is 11.5. The van der Waals surface area contributed by atoms with Gasteiger partial charge < -0.3 is 4.90 Å². The van der Waals surface area contributed by atoms with Crippen molar-refractivity contribution in [2.45, 2.75) is 6.18 Å². The molecule has 1 saturated heterocycles. The molecule has 1 rings (SSSR count). The summed E-state index contributed by atoms with van der Waals surface area (Å²) in [6.07, 6.45) is -3.29. The molecule has 14 heavy (non-hydrogen) atoms. The number of halogens is 3. The van der Waals surface area contributed by atoms with Crippen molar-refractivity contribution in [3.63, 3.8) is 0 Å². The van der Waals surface area contributed by atoms with Crippen LogP contribution in [-0.2, 0) is 15.6 Å². The largest absolute Gasteiger partial charge is 0.471 e. The molecule has 0 spiro atoms. The Hall–Kier alpha value is -0.590. The smallest absolute Gasteiger partial charge is 0.334 e. The molecule has 1 aliphatic heterocycles. The molecule has 1 fully saturated rings. The summed E-state index contributed by atoms with van der Waals surface area (Å²) in [7, 11) is -1.01. The average molecular weight is 229 g/mol. The van der Waals surface area contributed by atoms with Crippen LogP contribution in [0.3, 0.4) is 0 Å². The Kier molecular flexibility index (Phi) is 3.18. The van der Waals surface area contributed by atoms with E-state index in [1.165, 1.54) is 6.26 Å².